The van der Waals surface area contributed by atoms with Gasteiger partial charge in [-0.05, 0) is 37.1 Å². The van der Waals surface area contributed by atoms with Crippen molar-refractivity contribution >= 4 is 33.2 Å². The van der Waals surface area contributed by atoms with E-state index in [1.807, 2.05) is 30.3 Å². The van der Waals surface area contributed by atoms with Crippen LogP contribution in [0.1, 0.15) is 32.1 Å². The third-order valence-electron chi connectivity index (χ3n) is 4.31. The maximum atomic E-state index is 12.6. The van der Waals surface area contributed by atoms with Crippen LogP contribution in [0.15, 0.2) is 52.5 Å². The Hall–Kier alpha value is -1.93. The molecule has 2 aromatic rings. The first kappa shape index (κ1) is 18.8. The van der Waals surface area contributed by atoms with Gasteiger partial charge < -0.3 is 5.32 Å². The van der Waals surface area contributed by atoms with Crippen molar-refractivity contribution in [3.63, 3.8) is 0 Å². The van der Waals surface area contributed by atoms with Gasteiger partial charge in [0.1, 0.15) is 5.03 Å². The molecule has 0 unspecified atom stereocenters. The second-order valence-corrected chi connectivity index (χ2v) is 9.39. The van der Waals surface area contributed by atoms with E-state index in [-0.39, 0.29) is 21.9 Å². The molecule has 1 N–H and O–H groups in total. The Morgan fingerprint density at radius 3 is 2.42 bits per heavy atom. The van der Waals surface area contributed by atoms with Gasteiger partial charge in [0.15, 0.2) is 14.9 Å². The first-order valence-electron chi connectivity index (χ1n) is 8.61. The molecule has 8 heteroatoms. The Labute approximate surface area is 157 Å². The molecule has 1 heterocycles. The molecule has 0 saturated heterocycles. The van der Waals surface area contributed by atoms with Crippen LogP contribution >= 0.6 is 11.8 Å². The zero-order valence-corrected chi connectivity index (χ0v) is 15.9. The number of para-hydroxylation sites is 1. The Kier molecular flexibility index (Phi) is 6.26. The number of nitrogens with zero attached hydrogens (tertiary/aromatic N) is 2. The van der Waals surface area contributed by atoms with E-state index in [9.17, 15) is 13.2 Å². The summed E-state index contributed by atoms with van der Waals surface area (Å²) < 4.78 is 25.2. The fourth-order valence-electron chi connectivity index (χ4n) is 2.94. The smallest absolute Gasteiger partial charge is 0.234 e. The number of carbonyl (C=O) groups is 1. The quantitative estimate of drug-likeness (QED) is 0.760. The largest absolute Gasteiger partial charge is 0.325 e. The molecular weight excluding hydrogens is 370 g/mol. The normalized spacial score (nSPS) is 15.5. The van der Waals surface area contributed by atoms with Crippen molar-refractivity contribution in [1.29, 1.82) is 0 Å². The summed E-state index contributed by atoms with van der Waals surface area (Å²) in [6.45, 7) is 0. The minimum absolute atomic E-state index is 0.0301. The maximum absolute atomic E-state index is 12.6. The molecule has 0 spiro atoms. The fraction of sp³-hybridized carbons (Fsp3) is 0.389. The lowest BCUT2D eigenvalue weighted by atomic mass is 10.0. The van der Waals surface area contributed by atoms with E-state index in [0.717, 1.165) is 24.9 Å². The summed E-state index contributed by atoms with van der Waals surface area (Å²) in [4.78, 5) is 11.9. The number of nitrogens with one attached hydrogen (secondary N) is 1. The van der Waals surface area contributed by atoms with Crippen LogP contribution in [0, 0.1) is 0 Å². The average Bonchev–Trinajstić information content (AvgIpc) is 2.68. The molecule has 6 nitrogen and oxygen atoms in total. The van der Waals surface area contributed by atoms with Crippen LogP contribution in [0.25, 0.3) is 0 Å². The number of anilines is 1. The van der Waals surface area contributed by atoms with Crippen LogP contribution in [0.3, 0.4) is 0 Å². The second-order valence-electron chi connectivity index (χ2n) is 6.22. The number of amides is 1. The van der Waals surface area contributed by atoms with Crippen LogP contribution in [-0.4, -0.2) is 35.5 Å². The van der Waals surface area contributed by atoms with Crippen molar-refractivity contribution in [2.45, 2.75) is 47.4 Å². The summed E-state index contributed by atoms with van der Waals surface area (Å²) in [5, 5.41) is 10.9. The van der Waals surface area contributed by atoms with E-state index in [1.165, 1.54) is 17.8 Å². The molecule has 1 aliphatic carbocycles. The van der Waals surface area contributed by atoms with Gasteiger partial charge >= 0.3 is 0 Å². The predicted octanol–water partition coefficient (Wildman–Crippen LogP) is 3.31. The SMILES string of the molecule is O=C(CSc1ccc(S(=O)(=O)C2CCCCC2)nn1)Nc1ccccc1. The van der Waals surface area contributed by atoms with Crippen LogP contribution in [0.2, 0.25) is 0 Å². The molecule has 138 valence electrons. The molecule has 0 radical (unpaired) electrons. The highest BCUT2D eigenvalue weighted by Crippen LogP contribution is 2.28. The minimum atomic E-state index is -3.41. The Bertz CT molecular complexity index is 834. The summed E-state index contributed by atoms with van der Waals surface area (Å²) >= 11 is 1.22. The van der Waals surface area contributed by atoms with Crippen LogP contribution in [-0.2, 0) is 14.6 Å². The monoisotopic (exact) mass is 391 g/mol. The van der Waals surface area contributed by atoms with E-state index >= 15 is 0 Å². The average molecular weight is 392 g/mol. The summed E-state index contributed by atoms with van der Waals surface area (Å²) in [6.07, 6.45) is 4.38. The van der Waals surface area contributed by atoms with Crippen molar-refractivity contribution in [3.05, 3.63) is 42.5 Å². The highest BCUT2D eigenvalue weighted by atomic mass is 32.2. The van der Waals surface area contributed by atoms with Crippen molar-refractivity contribution in [3.8, 4) is 0 Å². The van der Waals surface area contributed by atoms with E-state index in [4.69, 9.17) is 0 Å². The summed E-state index contributed by atoms with van der Waals surface area (Å²) in [5.74, 6) is 0.0278. The molecule has 1 aromatic carbocycles. The third kappa shape index (κ3) is 4.82. The lowest BCUT2D eigenvalue weighted by Gasteiger charge is -2.20. The van der Waals surface area contributed by atoms with Crippen molar-refractivity contribution in [2.75, 3.05) is 11.1 Å². The number of aromatic nitrogens is 2. The standard InChI is InChI=1S/C18H21N3O3S2/c22-16(19-14-7-3-1-4-8-14)13-25-17-11-12-18(21-20-17)26(23,24)15-9-5-2-6-10-15/h1,3-4,7-8,11-12,15H,2,5-6,9-10,13H2,(H,19,22). The summed E-state index contributed by atoms with van der Waals surface area (Å²) in [7, 11) is -3.41. The van der Waals surface area contributed by atoms with Gasteiger partial charge in [0.05, 0.1) is 11.0 Å². The first-order valence-corrected chi connectivity index (χ1v) is 11.1. The second kappa shape index (κ2) is 8.64. The lowest BCUT2D eigenvalue weighted by Crippen LogP contribution is -2.25. The van der Waals surface area contributed by atoms with Gasteiger partial charge in [-0.25, -0.2) is 8.42 Å². The summed E-state index contributed by atoms with van der Waals surface area (Å²) in [5.41, 5.74) is 0.734. The van der Waals surface area contributed by atoms with E-state index in [1.54, 1.807) is 6.07 Å². The van der Waals surface area contributed by atoms with Crippen LogP contribution < -0.4 is 5.32 Å². The number of thioether (sulfide) groups is 1. The zero-order chi connectivity index (χ0) is 18.4. The fourth-order valence-corrected chi connectivity index (χ4v) is 5.26. The number of hydrogen-bond donors (Lipinski definition) is 1. The predicted molar refractivity (Wildman–Crippen MR) is 102 cm³/mol. The molecule has 0 bridgehead atoms. The Balaban J connectivity index is 1.56. The van der Waals surface area contributed by atoms with Gasteiger partial charge in [0, 0.05) is 5.69 Å². The van der Waals surface area contributed by atoms with E-state index in [2.05, 4.69) is 15.5 Å². The highest BCUT2D eigenvalue weighted by Gasteiger charge is 2.30. The zero-order valence-electron chi connectivity index (χ0n) is 14.3. The molecule has 1 aliphatic rings. The number of hydrogen-bond acceptors (Lipinski definition) is 6. The molecule has 1 saturated carbocycles. The number of benzene rings is 1. The van der Waals surface area contributed by atoms with E-state index < -0.39 is 9.84 Å². The number of sulfone groups is 1. The highest BCUT2D eigenvalue weighted by molar-refractivity contribution is 7.99. The molecule has 1 aromatic heterocycles. The lowest BCUT2D eigenvalue weighted by molar-refractivity contribution is -0.113. The molecule has 0 atom stereocenters. The van der Waals surface area contributed by atoms with Crippen LogP contribution in [0.5, 0.6) is 0 Å². The van der Waals surface area contributed by atoms with Crippen molar-refractivity contribution in [2.24, 2.45) is 0 Å². The number of rotatable bonds is 6. The van der Waals surface area contributed by atoms with Gasteiger partial charge in [-0.15, -0.1) is 10.2 Å². The maximum Gasteiger partial charge on any atom is 0.234 e. The van der Waals surface area contributed by atoms with Crippen molar-refractivity contribution < 1.29 is 13.2 Å². The Morgan fingerprint density at radius 2 is 1.77 bits per heavy atom. The first-order chi connectivity index (χ1) is 12.6. The van der Waals surface area contributed by atoms with Gasteiger partial charge in [-0.1, -0.05) is 49.2 Å². The minimum Gasteiger partial charge on any atom is -0.325 e. The van der Waals surface area contributed by atoms with Gasteiger partial charge in [-0.2, -0.15) is 0 Å². The molecule has 1 amide bonds. The number of carbonyl (C=O) groups excluding carboxylic acids is 1. The molecule has 3 rings (SSSR count). The van der Waals surface area contributed by atoms with Gasteiger partial charge in [0.2, 0.25) is 5.91 Å². The summed E-state index contributed by atoms with van der Waals surface area (Å²) in [6, 6.07) is 12.3. The Morgan fingerprint density at radius 1 is 1.04 bits per heavy atom. The van der Waals surface area contributed by atoms with Crippen molar-refractivity contribution in [1.82, 2.24) is 10.2 Å². The van der Waals surface area contributed by atoms with Gasteiger partial charge in [-0.3, -0.25) is 4.79 Å². The van der Waals surface area contributed by atoms with E-state index in [0.29, 0.717) is 17.9 Å². The topological polar surface area (TPSA) is 89.0 Å². The third-order valence-corrected chi connectivity index (χ3v) is 7.38. The molecule has 1 fully saturated rings. The molecule has 26 heavy (non-hydrogen) atoms. The van der Waals surface area contributed by atoms with Gasteiger partial charge in [0.25, 0.3) is 0 Å². The molecular formula is C18H21N3O3S2. The molecule has 0 aliphatic heterocycles. The van der Waals surface area contributed by atoms with Crippen LogP contribution in [0.4, 0.5) is 5.69 Å².